The minimum absolute atomic E-state index is 0.304. The predicted octanol–water partition coefficient (Wildman–Crippen LogP) is 1.82. The normalized spacial score (nSPS) is 19.3. The fourth-order valence-electron chi connectivity index (χ4n) is 2.38. The van der Waals surface area contributed by atoms with Gasteiger partial charge >= 0.3 is 0 Å². The Morgan fingerprint density at radius 2 is 2.00 bits per heavy atom. The molecule has 1 aliphatic carbocycles. The number of hydrogen-bond donors (Lipinski definition) is 1. The Bertz CT molecular complexity index is 402. The van der Waals surface area contributed by atoms with Crippen LogP contribution in [0.1, 0.15) is 37.8 Å². The maximum absolute atomic E-state index is 11.7. The maximum atomic E-state index is 11.7. The molecule has 1 aliphatic rings. The van der Waals surface area contributed by atoms with Gasteiger partial charge in [0.05, 0.1) is 11.1 Å². The number of rotatable bonds is 2. The molecule has 2 N–H and O–H groups in total. The van der Waals surface area contributed by atoms with Crippen molar-refractivity contribution in [3.8, 4) is 0 Å². The van der Waals surface area contributed by atoms with Gasteiger partial charge in [0, 0.05) is 0 Å². The SMILES string of the molecule is NC(=O)C1(c2cc(Cl)ncn2)CCCCC1. The minimum atomic E-state index is -0.634. The third-order valence-electron chi connectivity index (χ3n) is 3.30. The van der Waals surface area contributed by atoms with E-state index in [2.05, 4.69) is 9.97 Å². The minimum Gasteiger partial charge on any atom is -0.369 e. The molecule has 0 bridgehead atoms. The summed E-state index contributed by atoms with van der Waals surface area (Å²) in [7, 11) is 0. The lowest BCUT2D eigenvalue weighted by molar-refractivity contribution is -0.124. The van der Waals surface area contributed by atoms with E-state index in [0.717, 1.165) is 32.1 Å². The Hall–Kier alpha value is -1.16. The van der Waals surface area contributed by atoms with Crippen LogP contribution in [-0.4, -0.2) is 15.9 Å². The largest absolute Gasteiger partial charge is 0.369 e. The zero-order valence-corrected chi connectivity index (χ0v) is 9.70. The molecular formula is C11H14ClN3O. The quantitative estimate of drug-likeness (QED) is 0.801. The van der Waals surface area contributed by atoms with Crippen molar-refractivity contribution >= 4 is 17.5 Å². The molecule has 5 heteroatoms. The number of primary amides is 1. The monoisotopic (exact) mass is 239 g/mol. The average molecular weight is 240 g/mol. The lowest BCUT2D eigenvalue weighted by Crippen LogP contribution is -2.43. The summed E-state index contributed by atoms with van der Waals surface area (Å²) in [4.78, 5) is 19.7. The first-order chi connectivity index (χ1) is 7.65. The van der Waals surface area contributed by atoms with Crippen molar-refractivity contribution in [2.45, 2.75) is 37.5 Å². The third kappa shape index (κ3) is 1.89. The first-order valence-corrected chi connectivity index (χ1v) is 5.81. The summed E-state index contributed by atoms with van der Waals surface area (Å²) in [5.74, 6) is -0.304. The van der Waals surface area contributed by atoms with Crippen LogP contribution in [0.15, 0.2) is 12.4 Å². The Morgan fingerprint density at radius 3 is 2.56 bits per heavy atom. The third-order valence-corrected chi connectivity index (χ3v) is 3.51. The van der Waals surface area contributed by atoms with Gasteiger partial charge in [-0.25, -0.2) is 9.97 Å². The maximum Gasteiger partial charge on any atom is 0.229 e. The molecule has 0 aliphatic heterocycles. The fourth-order valence-corrected chi connectivity index (χ4v) is 2.53. The van der Waals surface area contributed by atoms with Gasteiger partial charge in [-0.3, -0.25) is 4.79 Å². The molecule has 86 valence electrons. The summed E-state index contributed by atoms with van der Waals surface area (Å²) >= 11 is 5.83. The second-order valence-electron chi connectivity index (χ2n) is 4.23. The van der Waals surface area contributed by atoms with Crippen molar-refractivity contribution in [3.63, 3.8) is 0 Å². The Kier molecular flexibility index (Phi) is 3.10. The number of amides is 1. The zero-order valence-electron chi connectivity index (χ0n) is 8.95. The summed E-state index contributed by atoms with van der Waals surface area (Å²) in [5, 5.41) is 0.358. The molecule has 0 unspecified atom stereocenters. The van der Waals surface area contributed by atoms with Crippen molar-refractivity contribution in [2.75, 3.05) is 0 Å². The number of hydrogen-bond acceptors (Lipinski definition) is 3. The number of halogens is 1. The Morgan fingerprint density at radius 1 is 1.31 bits per heavy atom. The number of nitrogens with zero attached hydrogens (tertiary/aromatic N) is 2. The van der Waals surface area contributed by atoms with Crippen LogP contribution in [0.25, 0.3) is 0 Å². The second-order valence-corrected chi connectivity index (χ2v) is 4.62. The van der Waals surface area contributed by atoms with Crippen LogP contribution in [0, 0.1) is 0 Å². The Balaban J connectivity index is 2.42. The van der Waals surface area contributed by atoms with Crippen LogP contribution in [0.5, 0.6) is 0 Å². The molecule has 0 radical (unpaired) electrons. The molecule has 1 saturated carbocycles. The highest BCUT2D eigenvalue weighted by Gasteiger charge is 2.41. The summed E-state index contributed by atoms with van der Waals surface area (Å²) in [6.07, 6.45) is 6.06. The molecule has 1 amide bonds. The molecular weight excluding hydrogens is 226 g/mol. The zero-order chi connectivity index (χ0) is 11.6. The lowest BCUT2D eigenvalue weighted by Gasteiger charge is -2.33. The summed E-state index contributed by atoms with van der Waals surface area (Å²) in [6.45, 7) is 0. The van der Waals surface area contributed by atoms with Crippen LogP contribution in [0.2, 0.25) is 5.15 Å². The highest BCUT2D eigenvalue weighted by Crippen LogP contribution is 2.38. The first kappa shape index (κ1) is 11.3. The highest BCUT2D eigenvalue weighted by atomic mass is 35.5. The van der Waals surface area contributed by atoms with Crippen molar-refractivity contribution in [3.05, 3.63) is 23.2 Å². The molecule has 0 saturated heterocycles. The highest BCUT2D eigenvalue weighted by molar-refractivity contribution is 6.29. The van der Waals surface area contributed by atoms with Crippen molar-refractivity contribution in [1.82, 2.24) is 9.97 Å². The standard InChI is InChI=1S/C11H14ClN3O/c12-9-6-8(14-7-15-9)11(10(13)16)4-2-1-3-5-11/h6-7H,1-5H2,(H2,13,16). The van der Waals surface area contributed by atoms with Crippen molar-refractivity contribution in [2.24, 2.45) is 5.73 Å². The summed E-state index contributed by atoms with van der Waals surface area (Å²) in [6, 6.07) is 1.65. The molecule has 16 heavy (non-hydrogen) atoms. The van der Waals surface area contributed by atoms with Gasteiger partial charge in [0.15, 0.2) is 0 Å². The van der Waals surface area contributed by atoms with Gasteiger partial charge in [-0.2, -0.15) is 0 Å². The number of nitrogens with two attached hydrogens (primary N) is 1. The van der Waals surface area contributed by atoms with Gasteiger partial charge in [-0.05, 0) is 18.9 Å². The summed E-state index contributed by atoms with van der Waals surface area (Å²) in [5.41, 5.74) is 5.57. The molecule has 1 fully saturated rings. The van der Waals surface area contributed by atoms with E-state index in [0.29, 0.717) is 10.8 Å². The van der Waals surface area contributed by atoms with Crippen LogP contribution in [0.4, 0.5) is 0 Å². The van der Waals surface area contributed by atoms with E-state index < -0.39 is 5.41 Å². The fraction of sp³-hybridized carbons (Fsp3) is 0.545. The van der Waals surface area contributed by atoms with Crippen LogP contribution in [0.3, 0.4) is 0 Å². The topological polar surface area (TPSA) is 68.9 Å². The molecule has 1 heterocycles. The van der Waals surface area contributed by atoms with E-state index in [1.165, 1.54) is 6.33 Å². The van der Waals surface area contributed by atoms with Gasteiger partial charge in [0.1, 0.15) is 11.5 Å². The van der Waals surface area contributed by atoms with E-state index in [1.807, 2.05) is 0 Å². The van der Waals surface area contributed by atoms with Gasteiger partial charge in [0.25, 0.3) is 0 Å². The van der Waals surface area contributed by atoms with Crippen molar-refractivity contribution in [1.29, 1.82) is 0 Å². The molecule has 2 rings (SSSR count). The second kappa shape index (κ2) is 4.37. The Labute approximate surface area is 99.2 Å². The van der Waals surface area contributed by atoms with Gasteiger partial charge in [-0.1, -0.05) is 30.9 Å². The van der Waals surface area contributed by atoms with E-state index in [1.54, 1.807) is 6.07 Å². The van der Waals surface area contributed by atoms with Crippen LogP contribution >= 0.6 is 11.6 Å². The van der Waals surface area contributed by atoms with Crippen LogP contribution in [-0.2, 0) is 10.2 Å². The molecule has 4 nitrogen and oxygen atoms in total. The van der Waals surface area contributed by atoms with E-state index in [-0.39, 0.29) is 5.91 Å². The number of carbonyl (C=O) groups is 1. The first-order valence-electron chi connectivity index (χ1n) is 5.43. The van der Waals surface area contributed by atoms with Crippen LogP contribution < -0.4 is 5.73 Å². The molecule has 0 aromatic carbocycles. The molecule has 0 atom stereocenters. The van der Waals surface area contributed by atoms with E-state index in [4.69, 9.17) is 17.3 Å². The average Bonchev–Trinajstić information content (AvgIpc) is 2.30. The number of carbonyl (C=O) groups excluding carboxylic acids is 1. The van der Waals surface area contributed by atoms with E-state index >= 15 is 0 Å². The van der Waals surface area contributed by atoms with Gasteiger partial charge in [-0.15, -0.1) is 0 Å². The van der Waals surface area contributed by atoms with Crippen molar-refractivity contribution < 1.29 is 4.79 Å². The molecule has 1 aromatic rings. The molecule has 1 aromatic heterocycles. The lowest BCUT2D eigenvalue weighted by atomic mass is 9.71. The van der Waals surface area contributed by atoms with E-state index in [9.17, 15) is 4.79 Å². The number of aromatic nitrogens is 2. The van der Waals surface area contributed by atoms with Gasteiger partial charge < -0.3 is 5.73 Å². The predicted molar refractivity (Wildman–Crippen MR) is 61.0 cm³/mol. The molecule has 0 spiro atoms. The van der Waals surface area contributed by atoms with Gasteiger partial charge in [0.2, 0.25) is 5.91 Å². The smallest absolute Gasteiger partial charge is 0.229 e. The summed E-state index contributed by atoms with van der Waals surface area (Å²) < 4.78 is 0.